The highest BCUT2D eigenvalue weighted by atomic mass is 19.1. The molecule has 4 nitrogen and oxygen atoms in total. The summed E-state index contributed by atoms with van der Waals surface area (Å²) in [5.41, 5.74) is 4.50. The number of halogens is 1. The van der Waals surface area contributed by atoms with E-state index in [1.165, 1.54) is 11.6 Å². The zero-order valence-electron chi connectivity index (χ0n) is 15.1. The van der Waals surface area contributed by atoms with E-state index < -0.39 is 0 Å². The zero-order chi connectivity index (χ0) is 18.0. The molecule has 1 saturated heterocycles. The molecule has 0 unspecified atom stereocenters. The van der Waals surface area contributed by atoms with Crippen LogP contribution in [-0.4, -0.2) is 41.7 Å². The Balaban J connectivity index is 2.04. The Kier molecular flexibility index (Phi) is 5.23. The molecule has 134 valence electrons. The molecule has 0 aliphatic carbocycles. The third-order valence-corrected chi connectivity index (χ3v) is 5.06. The minimum Gasteiger partial charge on any atom is -0.378 e. The fourth-order valence-electron chi connectivity index (χ4n) is 3.65. The number of hydrogen-bond donors (Lipinski definition) is 0. The number of ether oxygens (including phenoxy) is 1. The summed E-state index contributed by atoms with van der Waals surface area (Å²) in [6, 6.07) is 6.75. The zero-order valence-corrected chi connectivity index (χ0v) is 15.1. The van der Waals surface area contributed by atoms with Gasteiger partial charge in [0.05, 0.1) is 19.8 Å². The molecule has 1 aliphatic rings. The van der Waals surface area contributed by atoms with Gasteiger partial charge in [-0.05, 0) is 37.5 Å². The molecule has 0 spiro atoms. The number of amides is 1. The molecule has 1 aromatic heterocycles. The van der Waals surface area contributed by atoms with Gasteiger partial charge in [-0.1, -0.05) is 25.1 Å². The molecule has 1 fully saturated rings. The predicted molar refractivity (Wildman–Crippen MR) is 95.5 cm³/mol. The van der Waals surface area contributed by atoms with E-state index in [9.17, 15) is 9.18 Å². The van der Waals surface area contributed by atoms with E-state index in [1.54, 1.807) is 12.1 Å². The number of carbonyl (C=O) groups excluding carboxylic acids is 1. The number of benzene rings is 1. The third-order valence-electron chi connectivity index (χ3n) is 5.06. The Hall–Kier alpha value is -2.14. The van der Waals surface area contributed by atoms with Crippen LogP contribution >= 0.6 is 0 Å². The largest absolute Gasteiger partial charge is 0.378 e. The Bertz CT molecular complexity index is 776. The summed E-state index contributed by atoms with van der Waals surface area (Å²) in [5, 5.41) is 0. The first-order valence-electron chi connectivity index (χ1n) is 8.83. The monoisotopic (exact) mass is 344 g/mol. The van der Waals surface area contributed by atoms with Crippen molar-refractivity contribution >= 4 is 5.91 Å². The van der Waals surface area contributed by atoms with Gasteiger partial charge in [0.2, 0.25) is 0 Å². The lowest BCUT2D eigenvalue weighted by Gasteiger charge is -2.27. The van der Waals surface area contributed by atoms with Gasteiger partial charge in [-0.15, -0.1) is 0 Å². The lowest BCUT2D eigenvalue weighted by molar-refractivity contribution is 0.0295. The van der Waals surface area contributed by atoms with E-state index in [4.69, 9.17) is 4.74 Å². The Labute approximate surface area is 148 Å². The fraction of sp³-hybridized carbons (Fsp3) is 0.450. The highest BCUT2D eigenvalue weighted by Gasteiger charge is 2.27. The van der Waals surface area contributed by atoms with Gasteiger partial charge >= 0.3 is 0 Å². The number of carbonyl (C=O) groups is 1. The van der Waals surface area contributed by atoms with Crippen molar-refractivity contribution in [3.05, 3.63) is 58.2 Å². The minimum atomic E-state index is -0.240. The summed E-state index contributed by atoms with van der Waals surface area (Å²) in [6.07, 6.45) is 0.853. The van der Waals surface area contributed by atoms with Crippen molar-refractivity contribution in [1.29, 1.82) is 0 Å². The van der Waals surface area contributed by atoms with Crippen molar-refractivity contribution in [3.63, 3.8) is 0 Å². The quantitative estimate of drug-likeness (QED) is 0.853. The summed E-state index contributed by atoms with van der Waals surface area (Å²) in [7, 11) is 0. The van der Waals surface area contributed by atoms with Crippen LogP contribution in [-0.2, 0) is 17.7 Å². The van der Waals surface area contributed by atoms with E-state index in [0.717, 1.165) is 17.7 Å². The van der Waals surface area contributed by atoms with E-state index in [2.05, 4.69) is 6.92 Å². The fourth-order valence-corrected chi connectivity index (χ4v) is 3.65. The molecule has 25 heavy (non-hydrogen) atoms. The highest BCUT2D eigenvalue weighted by molar-refractivity contribution is 5.95. The van der Waals surface area contributed by atoms with Crippen molar-refractivity contribution in [2.45, 2.75) is 33.7 Å². The van der Waals surface area contributed by atoms with Crippen LogP contribution in [0.15, 0.2) is 24.3 Å². The molecule has 5 heteroatoms. The second-order valence-corrected chi connectivity index (χ2v) is 6.47. The molecular weight excluding hydrogens is 319 g/mol. The topological polar surface area (TPSA) is 34.5 Å². The maximum atomic E-state index is 14.2. The molecule has 0 radical (unpaired) electrons. The lowest BCUT2D eigenvalue weighted by Crippen LogP contribution is -2.41. The first-order chi connectivity index (χ1) is 12.0. The summed E-state index contributed by atoms with van der Waals surface area (Å²) < 4.78 is 21.5. The van der Waals surface area contributed by atoms with Crippen LogP contribution in [0.5, 0.6) is 0 Å². The summed E-state index contributed by atoms with van der Waals surface area (Å²) in [4.78, 5) is 15.0. The molecule has 1 aromatic carbocycles. The molecule has 1 aliphatic heterocycles. The number of rotatable bonds is 4. The molecule has 0 bridgehead atoms. The number of aromatic nitrogens is 1. The number of morpholine rings is 1. The molecule has 1 amide bonds. The van der Waals surface area contributed by atoms with Gasteiger partial charge < -0.3 is 14.2 Å². The van der Waals surface area contributed by atoms with Crippen molar-refractivity contribution in [1.82, 2.24) is 9.47 Å². The molecule has 0 saturated carbocycles. The third kappa shape index (κ3) is 3.33. The molecule has 3 rings (SSSR count). The second kappa shape index (κ2) is 7.40. The Morgan fingerprint density at radius 3 is 2.52 bits per heavy atom. The van der Waals surface area contributed by atoms with E-state index in [0.29, 0.717) is 44.1 Å². The standard InChI is InChI=1S/C20H25FN2O2/c1-4-17-14(2)19(20(24)22-9-11-25-12-10-22)23(15(17)3)13-16-7-5-6-8-18(16)21/h5-8H,4,9-13H2,1-3H3. The minimum absolute atomic E-state index is 0.0138. The summed E-state index contributed by atoms with van der Waals surface area (Å²) >= 11 is 0. The van der Waals surface area contributed by atoms with Crippen molar-refractivity contribution in [3.8, 4) is 0 Å². The van der Waals surface area contributed by atoms with E-state index >= 15 is 0 Å². The average Bonchev–Trinajstić information content (AvgIpc) is 2.86. The van der Waals surface area contributed by atoms with Crippen LogP contribution in [0.4, 0.5) is 4.39 Å². The van der Waals surface area contributed by atoms with E-state index in [-0.39, 0.29) is 11.7 Å². The van der Waals surface area contributed by atoms with E-state index in [1.807, 2.05) is 29.4 Å². The second-order valence-electron chi connectivity index (χ2n) is 6.47. The Morgan fingerprint density at radius 1 is 1.20 bits per heavy atom. The smallest absolute Gasteiger partial charge is 0.270 e. The molecular formula is C20H25FN2O2. The molecule has 2 aromatic rings. The Morgan fingerprint density at radius 2 is 1.88 bits per heavy atom. The SMILES string of the molecule is CCc1c(C)c(C(=O)N2CCOCC2)n(Cc2ccccc2F)c1C. The van der Waals surface area contributed by atoms with Crippen LogP contribution < -0.4 is 0 Å². The number of nitrogens with zero attached hydrogens (tertiary/aromatic N) is 2. The van der Waals surface area contributed by atoms with Crippen LogP contribution in [0, 0.1) is 19.7 Å². The maximum Gasteiger partial charge on any atom is 0.270 e. The van der Waals surface area contributed by atoms with Crippen molar-refractivity contribution in [2.24, 2.45) is 0 Å². The van der Waals surface area contributed by atoms with Gasteiger partial charge in [-0.2, -0.15) is 0 Å². The maximum absolute atomic E-state index is 14.2. The van der Waals surface area contributed by atoms with Gasteiger partial charge in [0.15, 0.2) is 0 Å². The van der Waals surface area contributed by atoms with Crippen molar-refractivity contribution in [2.75, 3.05) is 26.3 Å². The van der Waals surface area contributed by atoms with Gasteiger partial charge in [0.1, 0.15) is 11.5 Å². The van der Waals surface area contributed by atoms with Crippen LogP contribution in [0.25, 0.3) is 0 Å². The van der Waals surface area contributed by atoms with Crippen molar-refractivity contribution < 1.29 is 13.9 Å². The van der Waals surface area contributed by atoms with Crippen LogP contribution in [0.2, 0.25) is 0 Å². The van der Waals surface area contributed by atoms with Gasteiger partial charge in [-0.3, -0.25) is 4.79 Å². The van der Waals surface area contributed by atoms with Gasteiger partial charge in [0, 0.05) is 24.3 Å². The van der Waals surface area contributed by atoms with Crippen LogP contribution in [0.3, 0.4) is 0 Å². The molecule has 2 heterocycles. The highest BCUT2D eigenvalue weighted by Crippen LogP contribution is 2.26. The van der Waals surface area contributed by atoms with Gasteiger partial charge in [-0.25, -0.2) is 4.39 Å². The van der Waals surface area contributed by atoms with Crippen LogP contribution in [0.1, 0.15) is 39.8 Å². The first kappa shape index (κ1) is 17.7. The first-order valence-corrected chi connectivity index (χ1v) is 8.83. The molecule has 0 atom stereocenters. The summed E-state index contributed by atoms with van der Waals surface area (Å²) in [6.45, 7) is 8.81. The predicted octanol–water partition coefficient (Wildman–Crippen LogP) is 3.33. The normalized spacial score (nSPS) is 14.8. The molecule has 0 N–H and O–H groups in total. The summed E-state index contributed by atoms with van der Waals surface area (Å²) in [5.74, 6) is -0.226. The lowest BCUT2D eigenvalue weighted by atomic mass is 10.1. The number of hydrogen-bond acceptors (Lipinski definition) is 2. The average molecular weight is 344 g/mol. The van der Waals surface area contributed by atoms with Gasteiger partial charge in [0.25, 0.3) is 5.91 Å².